The summed E-state index contributed by atoms with van der Waals surface area (Å²) >= 11 is 1.67. The number of benzene rings is 1. The van der Waals surface area contributed by atoms with Gasteiger partial charge >= 0.3 is 0 Å². The fraction of sp³-hybridized carbons (Fsp3) is 0.474. The summed E-state index contributed by atoms with van der Waals surface area (Å²) in [5, 5.41) is 6.12. The van der Waals surface area contributed by atoms with E-state index in [0.29, 0.717) is 13.0 Å². The number of nitrogens with one attached hydrogen (secondary N) is 1. The van der Waals surface area contributed by atoms with E-state index in [1.807, 2.05) is 17.5 Å². The van der Waals surface area contributed by atoms with E-state index >= 15 is 0 Å². The van der Waals surface area contributed by atoms with Gasteiger partial charge < -0.3 is 5.32 Å². The number of aromatic nitrogens is 1. The first-order chi connectivity index (χ1) is 11.7. The molecule has 1 fully saturated rings. The Labute approximate surface area is 147 Å². The van der Waals surface area contributed by atoms with Crippen molar-refractivity contribution in [1.29, 1.82) is 0 Å². The quantitative estimate of drug-likeness (QED) is 0.875. The number of carbonyl (C=O) groups is 1. The van der Waals surface area contributed by atoms with Crippen molar-refractivity contribution in [3.05, 3.63) is 51.5 Å². The number of aryl methyl sites for hydroxylation is 1. The monoisotopic (exact) mass is 343 g/mol. The van der Waals surface area contributed by atoms with Crippen LogP contribution in [0.1, 0.15) is 41.1 Å². The van der Waals surface area contributed by atoms with Gasteiger partial charge in [-0.05, 0) is 38.4 Å². The number of carbonyl (C=O) groups excluding carboxylic acids is 1. The Morgan fingerprint density at radius 1 is 1.29 bits per heavy atom. The largest absolute Gasteiger partial charge is 0.352 e. The van der Waals surface area contributed by atoms with Gasteiger partial charge in [-0.15, -0.1) is 11.3 Å². The molecule has 5 heteroatoms. The minimum atomic E-state index is 0.0336. The molecule has 0 atom stereocenters. The normalized spacial score (nSPS) is 15.4. The van der Waals surface area contributed by atoms with Crippen LogP contribution >= 0.6 is 11.3 Å². The van der Waals surface area contributed by atoms with Crippen LogP contribution in [0.15, 0.2) is 29.6 Å². The number of hydrogen-bond acceptors (Lipinski definition) is 4. The summed E-state index contributed by atoms with van der Waals surface area (Å²) < 4.78 is 0. The summed E-state index contributed by atoms with van der Waals surface area (Å²) in [7, 11) is 0. The van der Waals surface area contributed by atoms with Gasteiger partial charge in [0.2, 0.25) is 5.91 Å². The van der Waals surface area contributed by atoms with Crippen molar-refractivity contribution in [3.63, 3.8) is 0 Å². The second kappa shape index (κ2) is 8.40. The molecule has 0 spiro atoms. The molecule has 2 aromatic rings. The molecule has 0 aliphatic carbocycles. The molecule has 2 heterocycles. The number of hydrogen-bond donors (Lipinski definition) is 1. The summed E-state index contributed by atoms with van der Waals surface area (Å²) in [6, 6.07) is 8.21. The van der Waals surface area contributed by atoms with Crippen LogP contribution in [0.5, 0.6) is 0 Å². The maximum atomic E-state index is 12.1. The topological polar surface area (TPSA) is 45.2 Å². The zero-order valence-electron chi connectivity index (χ0n) is 14.3. The standard InChI is InChI=1S/C19H25N3OS/c1-15-6-5-7-16(10-15)12-20-18(23)11-17-14-24-19(21-17)13-22-8-3-2-4-9-22/h5-7,10,14H,2-4,8-9,11-13H2,1H3,(H,20,23). The Morgan fingerprint density at radius 3 is 2.92 bits per heavy atom. The first kappa shape index (κ1) is 17.1. The van der Waals surface area contributed by atoms with Crippen LogP contribution in [0.2, 0.25) is 0 Å². The lowest BCUT2D eigenvalue weighted by Gasteiger charge is -2.25. The number of thiazole rings is 1. The van der Waals surface area contributed by atoms with Gasteiger partial charge in [-0.25, -0.2) is 4.98 Å². The van der Waals surface area contributed by atoms with Crippen LogP contribution in [0.3, 0.4) is 0 Å². The van der Waals surface area contributed by atoms with Crippen molar-refractivity contribution in [2.75, 3.05) is 13.1 Å². The van der Waals surface area contributed by atoms with Gasteiger partial charge in [0.25, 0.3) is 0 Å². The lowest BCUT2D eigenvalue weighted by Crippen LogP contribution is -2.29. The highest BCUT2D eigenvalue weighted by Gasteiger charge is 2.13. The minimum absolute atomic E-state index is 0.0336. The SMILES string of the molecule is Cc1cccc(CNC(=O)Cc2csc(CN3CCCCC3)n2)c1. The van der Waals surface area contributed by atoms with Gasteiger partial charge in [-0.3, -0.25) is 9.69 Å². The first-order valence-electron chi connectivity index (χ1n) is 8.67. The maximum absolute atomic E-state index is 12.1. The highest BCUT2D eigenvalue weighted by atomic mass is 32.1. The fourth-order valence-electron chi connectivity index (χ4n) is 3.06. The van der Waals surface area contributed by atoms with E-state index < -0.39 is 0 Å². The van der Waals surface area contributed by atoms with E-state index in [9.17, 15) is 4.79 Å². The molecule has 1 aromatic heterocycles. The average molecular weight is 343 g/mol. The van der Waals surface area contributed by atoms with E-state index in [2.05, 4.69) is 34.3 Å². The highest BCUT2D eigenvalue weighted by molar-refractivity contribution is 7.09. The molecular weight excluding hydrogens is 318 g/mol. The van der Waals surface area contributed by atoms with Gasteiger partial charge in [0.1, 0.15) is 5.01 Å². The summed E-state index contributed by atoms with van der Waals surface area (Å²) in [5.41, 5.74) is 3.23. The maximum Gasteiger partial charge on any atom is 0.226 e. The molecule has 1 aliphatic rings. The fourth-order valence-corrected chi connectivity index (χ4v) is 3.90. The zero-order chi connectivity index (χ0) is 16.8. The van der Waals surface area contributed by atoms with Crippen LogP contribution in [0.4, 0.5) is 0 Å². The van der Waals surface area contributed by atoms with E-state index in [4.69, 9.17) is 0 Å². The van der Waals surface area contributed by atoms with Crippen molar-refractivity contribution in [1.82, 2.24) is 15.2 Å². The van der Waals surface area contributed by atoms with Gasteiger partial charge in [0, 0.05) is 11.9 Å². The zero-order valence-corrected chi connectivity index (χ0v) is 15.1. The third-order valence-corrected chi connectivity index (χ3v) is 5.20. The van der Waals surface area contributed by atoms with Crippen LogP contribution in [-0.2, 0) is 24.3 Å². The number of rotatable bonds is 6. The van der Waals surface area contributed by atoms with Crippen molar-refractivity contribution < 1.29 is 4.79 Å². The Balaban J connectivity index is 1.46. The second-order valence-electron chi connectivity index (χ2n) is 6.51. The van der Waals surface area contributed by atoms with Crippen molar-refractivity contribution >= 4 is 17.2 Å². The predicted molar refractivity (Wildman–Crippen MR) is 98.0 cm³/mol. The second-order valence-corrected chi connectivity index (χ2v) is 7.45. The minimum Gasteiger partial charge on any atom is -0.352 e. The Hall–Kier alpha value is -1.72. The molecule has 4 nitrogen and oxygen atoms in total. The summed E-state index contributed by atoms with van der Waals surface area (Å²) in [6.45, 7) is 5.91. The van der Waals surface area contributed by atoms with Crippen LogP contribution in [0, 0.1) is 6.92 Å². The predicted octanol–water partition coefficient (Wildman–Crippen LogP) is 3.30. The van der Waals surface area contributed by atoms with E-state index in [1.165, 1.54) is 37.9 Å². The van der Waals surface area contributed by atoms with Crippen molar-refractivity contribution in [2.45, 2.75) is 45.7 Å². The van der Waals surface area contributed by atoms with Crippen molar-refractivity contribution in [2.24, 2.45) is 0 Å². The lowest BCUT2D eigenvalue weighted by molar-refractivity contribution is -0.120. The highest BCUT2D eigenvalue weighted by Crippen LogP contribution is 2.16. The summed E-state index contributed by atoms with van der Waals surface area (Å²) in [4.78, 5) is 19.2. The molecule has 128 valence electrons. The van der Waals surface area contributed by atoms with Gasteiger partial charge in [-0.2, -0.15) is 0 Å². The van der Waals surface area contributed by atoms with Gasteiger partial charge in [0.15, 0.2) is 0 Å². The van der Waals surface area contributed by atoms with Crippen molar-refractivity contribution in [3.8, 4) is 0 Å². The van der Waals surface area contributed by atoms with E-state index in [0.717, 1.165) is 22.8 Å². The molecule has 1 amide bonds. The Bertz CT molecular complexity index is 677. The van der Waals surface area contributed by atoms with Crippen LogP contribution < -0.4 is 5.32 Å². The average Bonchev–Trinajstić information content (AvgIpc) is 3.01. The number of likely N-dealkylation sites (tertiary alicyclic amines) is 1. The van der Waals surface area contributed by atoms with E-state index in [-0.39, 0.29) is 5.91 Å². The Kier molecular flexibility index (Phi) is 5.99. The lowest BCUT2D eigenvalue weighted by atomic mass is 10.1. The molecular formula is C19H25N3OS. The molecule has 0 bridgehead atoms. The molecule has 3 rings (SSSR count). The third kappa shape index (κ3) is 5.14. The molecule has 1 N–H and O–H groups in total. The molecule has 1 aliphatic heterocycles. The molecule has 0 saturated carbocycles. The summed E-state index contributed by atoms with van der Waals surface area (Å²) in [5.74, 6) is 0.0336. The number of nitrogens with zero attached hydrogens (tertiary/aromatic N) is 2. The first-order valence-corrected chi connectivity index (χ1v) is 9.55. The van der Waals surface area contributed by atoms with Crippen LogP contribution in [-0.4, -0.2) is 28.9 Å². The molecule has 1 aromatic carbocycles. The molecule has 1 saturated heterocycles. The molecule has 24 heavy (non-hydrogen) atoms. The summed E-state index contributed by atoms with van der Waals surface area (Å²) in [6.07, 6.45) is 4.29. The third-order valence-electron chi connectivity index (χ3n) is 4.32. The van der Waals surface area contributed by atoms with Crippen LogP contribution in [0.25, 0.3) is 0 Å². The Morgan fingerprint density at radius 2 is 2.12 bits per heavy atom. The molecule has 0 radical (unpaired) electrons. The van der Waals surface area contributed by atoms with E-state index in [1.54, 1.807) is 11.3 Å². The van der Waals surface area contributed by atoms with Gasteiger partial charge in [0.05, 0.1) is 18.7 Å². The van der Waals surface area contributed by atoms with Gasteiger partial charge in [-0.1, -0.05) is 36.2 Å². The number of piperidine rings is 1. The number of amides is 1. The smallest absolute Gasteiger partial charge is 0.226 e. The molecule has 0 unspecified atom stereocenters.